The largest absolute Gasteiger partial charge is 0.378 e. The number of aromatic nitrogens is 1. The smallest absolute Gasteiger partial charge is 0.269 e. The zero-order valence-corrected chi connectivity index (χ0v) is 18.7. The van der Waals surface area contributed by atoms with Crippen LogP contribution in [0.1, 0.15) is 18.4 Å². The first-order valence-corrected chi connectivity index (χ1v) is 11.3. The Kier molecular flexibility index (Phi) is 6.31. The van der Waals surface area contributed by atoms with Crippen molar-refractivity contribution >= 4 is 34.7 Å². The maximum atomic E-state index is 11.0. The molecule has 0 unspecified atom stereocenters. The average Bonchev–Trinajstić information content (AvgIpc) is 3.27. The molecular weight excluding hydrogens is 430 g/mol. The van der Waals surface area contributed by atoms with Gasteiger partial charge in [0.05, 0.1) is 29.9 Å². The van der Waals surface area contributed by atoms with E-state index >= 15 is 0 Å². The van der Waals surface area contributed by atoms with Gasteiger partial charge in [-0.2, -0.15) is 5.10 Å². The van der Waals surface area contributed by atoms with E-state index in [1.165, 1.54) is 11.3 Å². The van der Waals surface area contributed by atoms with E-state index in [4.69, 9.17) is 4.74 Å². The molecule has 2 aliphatic rings. The van der Waals surface area contributed by atoms with Gasteiger partial charge in [0, 0.05) is 36.3 Å². The summed E-state index contributed by atoms with van der Waals surface area (Å²) in [6.45, 7) is 3.03. The molecule has 1 aliphatic carbocycles. The molecule has 0 spiro atoms. The van der Waals surface area contributed by atoms with Crippen LogP contribution < -0.4 is 5.43 Å². The van der Waals surface area contributed by atoms with E-state index in [1.54, 1.807) is 24.3 Å². The highest BCUT2D eigenvalue weighted by Crippen LogP contribution is 2.35. The van der Waals surface area contributed by atoms with E-state index in [9.17, 15) is 10.1 Å². The Morgan fingerprint density at radius 2 is 1.82 bits per heavy atom. The minimum absolute atomic E-state index is 0.0960. The second-order valence-corrected chi connectivity index (χ2v) is 8.25. The first-order chi connectivity index (χ1) is 16.7. The van der Waals surface area contributed by atoms with Crippen LogP contribution in [0.25, 0.3) is 17.0 Å². The highest BCUT2D eigenvalue weighted by molar-refractivity contribution is 5.85. The molecule has 0 bridgehead atoms. The van der Waals surface area contributed by atoms with Gasteiger partial charge in [-0.3, -0.25) is 15.5 Å². The van der Waals surface area contributed by atoms with Gasteiger partial charge in [-0.25, -0.2) is 4.98 Å². The minimum atomic E-state index is -0.377. The average molecular weight is 456 g/mol. The van der Waals surface area contributed by atoms with Gasteiger partial charge in [0.2, 0.25) is 0 Å². The lowest BCUT2D eigenvalue weighted by molar-refractivity contribution is -0.384. The molecule has 5 rings (SSSR count). The third kappa shape index (κ3) is 4.82. The Bertz CT molecular complexity index is 1290. The molecule has 8 nitrogen and oxygen atoms in total. The summed E-state index contributed by atoms with van der Waals surface area (Å²) in [6, 6.07) is 18.6. The number of hydrazone groups is 1. The molecule has 0 radical (unpaired) electrons. The van der Waals surface area contributed by atoms with E-state index in [2.05, 4.69) is 26.5 Å². The number of benzene rings is 2. The molecule has 0 saturated carbocycles. The highest BCUT2D eigenvalue weighted by atomic mass is 16.6. The first kappa shape index (κ1) is 21.8. The fourth-order valence-electron chi connectivity index (χ4n) is 4.37. The number of nitro benzene ring substituents is 1. The van der Waals surface area contributed by atoms with Crippen LogP contribution in [-0.2, 0) is 4.74 Å². The molecule has 1 saturated heterocycles. The lowest BCUT2D eigenvalue weighted by atomic mass is 10.1. The van der Waals surface area contributed by atoms with Gasteiger partial charge in [0.15, 0.2) is 0 Å². The van der Waals surface area contributed by atoms with Crippen molar-refractivity contribution in [1.82, 2.24) is 9.88 Å². The van der Waals surface area contributed by atoms with Gasteiger partial charge in [-0.05, 0) is 66.0 Å². The van der Waals surface area contributed by atoms with Crippen LogP contribution >= 0.6 is 0 Å². The van der Waals surface area contributed by atoms with Crippen molar-refractivity contribution in [3.8, 4) is 0 Å². The lowest BCUT2D eigenvalue weighted by Gasteiger charge is -2.31. The molecule has 2 heterocycles. The van der Waals surface area contributed by atoms with Crippen molar-refractivity contribution in [2.45, 2.75) is 12.8 Å². The maximum absolute atomic E-state index is 11.0. The molecule has 0 atom stereocenters. The van der Waals surface area contributed by atoms with Crippen LogP contribution in [0.5, 0.6) is 0 Å². The number of para-hydroxylation sites is 1. The van der Waals surface area contributed by atoms with Gasteiger partial charge in [0.1, 0.15) is 5.82 Å². The standard InChI is InChI=1S/C26H25N5O3/c32-31(33)23-10-5-19(6-11-23)17-21-7-8-22(26(21)30-13-15-34-16-14-30)18-27-29-25-12-9-20-3-1-2-4-24(20)28-25/h1-6,9-12,17-18H,7-8,13-16H2,(H,28,29)/b21-17+,27-18+. The van der Waals surface area contributed by atoms with E-state index < -0.39 is 0 Å². The van der Waals surface area contributed by atoms with Crippen LogP contribution in [0, 0.1) is 10.1 Å². The Balaban J connectivity index is 1.40. The summed E-state index contributed by atoms with van der Waals surface area (Å²) in [5, 5.41) is 16.5. The molecule has 0 amide bonds. The van der Waals surface area contributed by atoms with Crippen LogP contribution in [0.4, 0.5) is 11.5 Å². The Labute approximate surface area is 197 Å². The highest BCUT2D eigenvalue weighted by Gasteiger charge is 2.25. The summed E-state index contributed by atoms with van der Waals surface area (Å²) in [7, 11) is 0. The number of non-ortho nitro benzene ring substituents is 1. The number of nitrogens with one attached hydrogen (secondary N) is 1. The normalized spacial score (nSPS) is 17.8. The SMILES string of the molecule is O=[N+]([O-])c1ccc(/C=C2\CCC(/C=N/Nc3ccc4ccccc4n3)=C2N2CCOCC2)cc1. The number of rotatable bonds is 6. The summed E-state index contributed by atoms with van der Waals surface area (Å²) in [4.78, 5) is 17.5. The molecule has 2 aromatic carbocycles. The number of hydrogen-bond donors (Lipinski definition) is 1. The van der Waals surface area contributed by atoms with Crippen molar-refractivity contribution in [3.63, 3.8) is 0 Å². The number of ether oxygens (including phenoxy) is 1. The van der Waals surface area contributed by atoms with Gasteiger partial charge >= 0.3 is 0 Å². The van der Waals surface area contributed by atoms with E-state index in [0.717, 1.165) is 48.0 Å². The number of fused-ring (bicyclic) bond motifs is 1. The first-order valence-electron chi connectivity index (χ1n) is 11.3. The summed E-state index contributed by atoms with van der Waals surface area (Å²) in [5.74, 6) is 0.697. The number of allylic oxidation sites excluding steroid dienone is 2. The molecule has 1 aromatic heterocycles. The van der Waals surface area contributed by atoms with Crippen molar-refractivity contribution < 1.29 is 9.66 Å². The monoisotopic (exact) mass is 455 g/mol. The maximum Gasteiger partial charge on any atom is 0.269 e. The van der Waals surface area contributed by atoms with Crippen molar-refractivity contribution in [2.24, 2.45) is 5.10 Å². The molecular formula is C26H25N5O3. The molecule has 1 fully saturated rings. The predicted molar refractivity (Wildman–Crippen MR) is 134 cm³/mol. The summed E-state index contributed by atoms with van der Waals surface area (Å²) >= 11 is 0. The van der Waals surface area contributed by atoms with Crippen LogP contribution in [0.2, 0.25) is 0 Å². The van der Waals surface area contributed by atoms with Crippen LogP contribution in [-0.4, -0.2) is 47.3 Å². The van der Waals surface area contributed by atoms with Crippen molar-refractivity contribution in [1.29, 1.82) is 0 Å². The molecule has 3 aromatic rings. The Hall–Kier alpha value is -4.04. The van der Waals surface area contributed by atoms with E-state index in [0.29, 0.717) is 19.0 Å². The fourth-order valence-corrected chi connectivity index (χ4v) is 4.37. The molecule has 8 heteroatoms. The number of morpholine rings is 1. The second-order valence-electron chi connectivity index (χ2n) is 8.25. The van der Waals surface area contributed by atoms with Gasteiger partial charge in [-0.15, -0.1) is 0 Å². The minimum Gasteiger partial charge on any atom is -0.378 e. The molecule has 34 heavy (non-hydrogen) atoms. The number of nitro groups is 1. The molecule has 172 valence electrons. The van der Waals surface area contributed by atoms with Crippen LogP contribution in [0.3, 0.4) is 0 Å². The van der Waals surface area contributed by atoms with Crippen molar-refractivity contribution in [2.75, 3.05) is 31.7 Å². The van der Waals surface area contributed by atoms with E-state index in [1.807, 2.05) is 42.6 Å². The van der Waals surface area contributed by atoms with Gasteiger partial charge in [0.25, 0.3) is 5.69 Å². The number of anilines is 1. The van der Waals surface area contributed by atoms with Gasteiger partial charge in [-0.1, -0.05) is 18.2 Å². The Morgan fingerprint density at radius 3 is 2.62 bits per heavy atom. The topological polar surface area (TPSA) is 92.9 Å². The lowest BCUT2D eigenvalue weighted by Crippen LogP contribution is -2.36. The molecule has 1 aliphatic heterocycles. The van der Waals surface area contributed by atoms with E-state index in [-0.39, 0.29) is 10.6 Å². The van der Waals surface area contributed by atoms with Gasteiger partial charge < -0.3 is 9.64 Å². The van der Waals surface area contributed by atoms with Crippen LogP contribution in [0.15, 0.2) is 82.6 Å². The predicted octanol–water partition coefficient (Wildman–Crippen LogP) is 5.00. The quantitative estimate of drug-likeness (QED) is 0.319. The summed E-state index contributed by atoms with van der Waals surface area (Å²) in [5.41, 5.74) is 8.58. The number of nitrogens with zero attached hydrogens (tertiary/aromatic N) is 4. The zero-order chi connectivity index (χ0) is 23.3. The number of hydrogen-bond acceptors (Lipinski definition) is 7. The molecule has 1 N–H and O–H groups in total. The third-order valence-corrected chi connectivity index (χ3v) is 6.04. The fraction of sp³-hybridized carbons (Fsp3) is 0.231. The third-order valence-electron chi connectivity index (χ3n) is 6.04. The summed E-state index contributed by atoms with van der Waals surface area (Å²) in [6.07, 6.45) is 5.77. The van der Waals surface area contributed by atoms with Crippen molar-refractivity contribution in [3.05, 3.63) is 93.2 Å². The number of pyridine rings is 1. The zero-order valence-electron chi connectivity index (χ0n) is 18.7. The summed E-state index contributed by atoms with van der Waals surface area (Å²) < 4.78 is 5.56. The second kappa shape index (κ2) is 9.84. The Morgan fingerprint density at radius 1 is 1.03 bits per heavy atom.